The molecule has 18 heavy (non-hydrogen) atoms. The second-order valence-corrected chi connectivity index (χ2v) is 4.88. The number of hydrogen-bond acceptors (Lipinski definition) is 3. The Morgan fingerprint density at radius 1 is 1.44 bits per heavy atom. The third-order valence-electron chi connectivity index (χ3n) is 2.83. The maximum atomic E-state index is 11.6. The zero-order valence-electron chi connectivity index (χ0n) is 10.8. The average molecular weight is 250 g/mol. The van der Waals surface area contributed by atoms with E-state index in [-0.39, 0.29) is 5.41 Å². The van der Waals surface area contributed by atoms with Gasteiger partial charge in [-0.3, -0.25) is 14.6 Å². The Bertz CT molecular complexity index is 429. The second-order valence-electron chi connectivity index (χ2n) is 4.88. The maximum Gasteiger partial charge on any atom is 0.315 e. The van der Waals surface area contributed by atoms with E-state index in [9.17, 15) is 9.59 Å². The van der Waals surface area contributed by atoms with Gasteiger partial charge in [-0.05, 0) is 19.1 Å². The van der Waals surface area contributed by atoms with E-state index in [4.69, 9.17) is 5.11 Å². The Hall–Kier alpha value is -1.91. The molecule has 1 rings (SSSR count). The quantitative estimate of drug-likeness (QED) is 0.769. The fourth-order valence-electron chi connectivity index (χ4n) is 1.43. The monoisotopic (exact) mass is 250 g/mol. The van der Waals surface area contributed by atoms with Gasteiger partial charge >= 0.3 is 5.97 Å². The van der Waals surface area contributed by atoms with Crippen molar-refractivity contribution in [1.82, 2.24) is 10.3 Å². The minimum absolute atomic E-state index is 0.338. The number of rotatable bonds is 5. The molecule has 0 aliphatic rings. The molecule has 1 atom stereocenters. The molecule has 98 valence electrons. The summed E-state index contributed by atoms with van der Waals surface area (Å²) in [4.78, 5) is 26.5. The summed E-state index contributed by atoms with van der Waals surface area (Å²) in [6.07, 6.45) is 1.69. The van der Waals surface area contributed by atoms with Gasteiger partial charge in [-0.2, -0.15) is 0 Å². The van der Waals surface area contributed by atoms with Crippen LogP contribution in [0.15, 0.2) is 24.4 Å². The third kappa shape index (κ3) is 3.55. The number of amides is 1. The molecule has 0 aromatic carbocycles. The van der Waals surface area contributed by atoms with Gasteiger partial charge in [0.2, 0.25) is 5.91 Å². The number of nitrogens with zero attached hydrogens (tertiary/aromatic N) is 1. The first-order valence-corrected chi connectivity index (χ1v) is 5.76. The molecular weight excluding hydrogens is 232 g/mol. The molecule has 1 amide bonds. The Morgan fingerprint density at radius 2 is 2.11 bits per heavy atom. The fourth-order valence-corrected chi connectivity index (χ4v) is 1.43. The van der Waals surface area contributed by atoms with Gasteiger partial charge in [-0.1, -0.05) is 19.9 Å². The summed E-state index contributed by atoms with van der Waals surface area (Å²) in [6, 6.07) is 5.59. The first-order chi connectivity index (χ1) is 8.34. The summed E-state index contributed by atoms with van der Waals surface area (Å²) in [5.74, 6) is -2.64. The predicted molar refractivity (Wildman–Crippen MR) is 67.1 cm³/mol. The molecule has 5 heteroatoms. The molecular formula is C13H18N2O3. The van der Waals surface area contributed by atoms with Crippen molar-refractivity contribution in [2.45, 2.75) is 26.2 Å². The van der Waals surface area contributed by atoms with Crippen molar-refractivity contribution in [3.8, 4) is 0 Å². The zero-order chi connectivity index (χ0) is 13.8. The molecule has 0 aliphatic heterocycles. The summed E-state index contributed by atoms with van der Waals surface area (Å²) in [7, 11) is 0. The van der Waals surface area contributed by atoms with Gasteiger partial charge < -0.3 is 10.4 Å². The van der Waals surface area contributed by atoms with Crippen molar-refractivity contribution in [3.63, 3.8) is 0 Å². The highest BCUT2D eigenvalue weighted by Gasteiger charge is 2.26. The van der Waals surface area contributed by atoms with Gasteiger partial charge in [0.05, 0.1) is 0 Å². The van der Waals surface area contributed by atoms with Crippen molar-refractivity contribution >= 4 is 11.9 Å². The van der Waals surface area contributed by atoms with E-state index in [0.717, 1.165) is 5.69 Å². The van der Waals surface area contributed by atoms with Crippen LogP contribution in [0.1, 0.15) is 26.5 Å². The molecule has 0 aliphatic carbocycles. The molecule has 1 aromatic rings. The first kappa shape index (κ1) is 14.2. The summed E-state index contributed by atoms with van der Waals surface area (Å²) in [6.45, 7) is 5.61. The first-order valence-electron chi connectivity index (χ1n) is 5.76. The summed E-state index contributed by atoms with van der Waals surface area (Å²) in [5.41, 5.74) is 0.517. The zero-order valence-corrected chi connectivity index (χ0v) is 10.8. The smallest absolute Gasteiger partial charge is 0.315 e. The number of aliphatic carboxylic acids is 1. The van der Waals surface area contributed by atoms with Crippen LogP contribution in [0.25, 0.3) is 0 Å². The molecule has 0 radical (unpaired) electrons. The van der Waals surface area contributed by atoms with Crippen molar-refractivity contribution in [2.24, 2.45) is 5.92 Å². The van der Waals surface area contributed by atoms with Gasteiger partial charge in [0.25, 0.3) is 0 Å². The molecule has 1 unspecified atom stereocenters. The third-order valence-corrected chi connectivity index (χ3v) is 2.83. The van der Waals surface area contributed by atoms with Crippen LogP contribution in [0.4, 0.5) is 0 Å². The highest BCUT2D eigenvalue weighted by Crippen LogP contribution is 2.19. The highest BCUT2D eigenvalue weighted by molar-refractivity contribution is 5.96. The summed E-state index contributed by atoms with van der Waals surface area (Å²) < 4.78 is 0. The molecule has 0 saturated heterocycles. The number of carbonyl (C=O) groups is 2. The van der Waals surface area contributed by atoms with Gasteiger partial charge in [0, 0.05) is 23.9 Å². The Balaban J connectivity index is 2.63. The highest BCUT2D eigenvalue weighted by atomic mass is 16.4. The van der Waals surface area contributed by atoms with Crippen LogP contribution in [-0.2, 0) is 15.0 Å². The standard InChI is InChI=1S/C13H18N2O3/c1-9(12(17)18)11(16)15-8-13(2,3)10-6-4-5-7-14-10/h4-7,9H,8H2,1-3H3,(H,15,16)(H,17,18). The molecule has 0 saturated carbocycles. The number of carboxylic acid groups (broad SMARTS) is 1. The van der Waals surface area contributed by atoms with Gasteiger partial charge in [-0.15, -0.1) is 0 Å². The van der Waals surface area contributed by atoms with Crippen LogP contribution in [0.2, 0.25) is 0 Å². The molecule has 1 aromatic heterocycles. The van der Waals surface area contributed by atoms with Crippen molar-refractivity contribution < 1.29 is 14.7 Å². The number of carbonyl (C=O) groups excluding carboxylic acids is 1. The van der Waals surface area contributed by atoms with Crippen LogP contribution in [-0.4, -0.2) is 28.5 Å². The van der Waals surface area contributed by atoms with Gasteiger partial charge in [0.15, 0.2) is 0 Å². The number of hydrogen-bond donors (Lipinski definition) is 2. The number of pyridine rings is 1. The summed E-state index contributed by atoms with van der Waals surface area (Å²) >= 11 is 0. The molecule has 2 N–H and O–H groups in total. The minimum Gasteiger partial charge on any atom is -0.481 e. The Labute approximate surface area is 106 Å². The van der Waals surface area contributed by atoms with Gasteiger partial charge in [-0.25, -0.2) is 0 Å². The van der Waals surface area contributed by atoms with E-state index in [1.54, 1.807) is 6.20 Å². The summed E-state index contributed by atoms with van der Waals surface area (Å²) in [5, 5.41) is 11.4. The van der Waals surface area contributed by atoms with Crippen LogP contribution in [0.3, 0.4) is 0 Å². The topological polar surface area (TPSA) is 79.3 Å². The SMILES string of the molecule is CC(C(=O)O)C(=O)NCC(C)(C)c1ccccn1. The molecule has 0 fully saturated rings. The van der Waals surface area contributed by atoms with Crippen LogP contribution >= 0.6 is 0 Å². The van der Waals surface area contributed by atoms with Crippen LogP contribution in [0.5, 0.6) is 0 Å². The lowest BCUT2D eigenvalue weighted by molar-refractivity contribution is -0.146. The molecule has 1 heterocycles. The Morgan fingerprint density at radius 3 is 2.61 bits per heavy atom. The largest absolute Gasteiger partial charge is 0.481 e. The molecule has 0 bridgehead atoms. The predicted octanol–water partition coefficient (Wildman–Crippen LogP) is 1.20. The van der Waals surface area contributed by atoms with Crippen LogP contribution < -0.4 is 5.32 Å². The van der Waals surface area contributed by atoms with Crippen molar-refractivity contribution in [1.29, 1.82) is 0 Å². The van der Waals surface area contributed by atoms with Crippen LogP contribution in [0, 0.1) is 5.92 Å². The number of nitrogens with one attached hydrogen (secondary N) is 1. The minimum atomic E-state index is -1.12. The lowest BCUT2D eigenvalue weighted by Gasteiger charge is -2.24. The average Bonchev–Trinajstić information content (AvgIpc) is 2.36. The van der Waals surface area contributed by atoms with E-state index >= 15 is 0 Å². The normalized spacial score (nSPS) is 12.8. The van der Waals surface area contributed by atoms with Crippen molar-refractivity contribution in [3.05, 3.63) is 30.1 Å². The fraction of sp³-hybridized carbons (Fsp3) is 0.462. The van der Waals surface area contributed by atoms with E-state index in [2.05, 4.69) is 10.3 Å². The Kier molecular flexibility index (Phi) is 4.42. The van der Waals surface area contributed by atoms with E-state index in [1.807, 2.05) is 32.0 Å². The molecule has 5 nitrogen and oxygen atoms in total. The second kappa shape index (κ2) is 5.62. The van der Waals surface area contributed by atoms with E-state index < -0.39 is 17.8 Å². The van der Waals surface area contributed by atoms with Gasteiger partial charge in [0.1, 0.15) is 5.92 Å². The lowest BCUT2D eigenvalue weighted by Crippen LogP contribution is -2.41. The van der Waals surface area contributed by atoms with E-state index in [1.165, 1.54) is 6.92 Å². The lowest BCUT2D eigenvalue weighted by atomic mass is 9.88. The number of carboxylic acids is 1. The maximum absolute atomic E-state index is 11.6. The number of aromatic nitrogens is 1. The van der Waals surface area contributed by atoms with Crippen molar-refractivity contribution in [2.75, 3.05) is 6.54 Å². The van der Waals surface area contributed by atoms with E-state index in [0.29, 0.717) is 6.54 Å². The molecule has 0 spiro atoms.